The molecule has 1 N–H and O–H groups in total. The molecule has 3 heteroatoms. The zero-order chi connectivity index (χ0) is 14.4. The van der Waals surface area contributed by atoms with E-state index in [4.69, 9.17) is 4.74 Å². The number of nitrogens with one attached hydrogen (secondary N) is 1. The largest absolute Gasteiger partial charge is 0.491 e. The Morgan fingerprint density at radius 1 is 1.30 bits per heavy atom. The molecule has 0 saturated carbocycles. The summed E-state index contributed by atoms with van der Waals surface area (Å²) in [6.07, 6.45) is 4.24. The molecule has 1 heterocycles. The fourth-order valence-corrected chi connectivity index (χ4v) is 4.23. The second kappa shape index (κ2) is 7.94. The Balaban J connectivity index is 2.23. The number of ether oxygens (including phenoxy) is 1. The number of rotatable bonds is 6. The molecule has 0 amide bonds. The lowest BCUT2D eigenvalue weighted by Crippen LogP contribution is -2.32. The zero-order valence-corrected chi connectivity index (χ0v) is 13.7. The van der Waals surface area contributed by atoms with Crippen LogP contribution in [0.4, 0.5) is 0 Å². The van der Waals surface area contributed by atoms with E-state index in [9.17, 15) is 0 Å². The summed E-state index contributed by atoms with van der Waals surface area (Å²) in [6.45, 7) is 7.37. The van der Waals surface area contributed by atoms with E-state index in [-0.39, 0.29) is 6.10 Å². The molecule has 0 aromatic heterocycles. The lowest BCUT2D eigenvalue weighted by Gasteiger charge is -2.32. The van der Waals surface area contributed by atoms with Gasteiger partial charge in [0.15, 0.2) is 0 Å². The molecule has 0 radical (unpaired) electrons. The molecule has 1 aliphatic heterocycles. The van der Waals surface area contributed by atoms with Crippen molar-refractivity contribution in [2.45, 2.75) is 57.4 Å². The van der Waals surface area contributed by atoms with E-state index in [2.05, 4.69) is 62.1 Å². The second-order valence-electron chi connectivity index (χ2n) is 5.64. The molecule has 1 saturated heterocycles. The van der Waals surface area contributed by atoms with Crippen molar-refractivity contribution in [1.29, 1.82) is 0 Å². The van der Waals surface area contributed by atoms with Crippen molar-refractivity contribution in [3.05, 3.63) is 29.8 Å². The highest BCUT2D eigenvalue weighted by Crippen LogP contribution is 2.38. The summed E-state index contributed by atoms with van der Waals surface area (Å²) >= 11 is 2.12. The first kappa shape index (κ1) is 15.7. The van der Waals surface area contributed by atoms with Crippen LogP contribution in [0.25, 0.3) is 0 Å². The van der Waals surface area contributed by atoms with Crippen molar-refractivity contribution >= 4 is 11.8 Å². The normalized spacial score (nSPS) is 20.9. The summed E-state index contributed by atoms with van der Waals surface area (Å²) < 4.78 is 6.01. The third kappa shape index (κ3) is 4.16. The lowest BCUT2D eigenvalue weighted by molar-refractivity contribution is 0.237. The second-order valence-corrected chi connectivity index (χ2v) is 6.99. The Labute approximate surface area is 127 Å². The first-order valence-electron chi connectivity index (χ1n) is 7.83. The molecule has 0 spiro atoms. The van der Waals surface area contributed by atoms with Gasteiger partial charge in [-0.25, -0.2) is 0 Å². The first-order valence-corrected chi connectivity index (χ1v) is 8.87. The van der Waals surface area contributed by atoms with Gasteiger partial charge in [-0.2, -0.15) is 11.8 Å². The molecule has 2 atom stereocenters. The summed E-state index contributed by atoms with van der Waals surface area (Å²) in [5.41, 5.74) is 1.32. The Morgan fingerprint density at radius 3 is 2.75 bits per heavy atom. The zero-order valence-electron chi connectivity index (χ0n) is 12.9. The average Bonchev–Trinajstić information content (AvgIpc) is 2.46. The molecule has 1 aromatic rings. The van der Waals surface area contributed by atoms with E-state index in [1.54, 1.807) is 0 Å². The van der Waals surface area contributed by atoms with Crippen molar-refractivity contribution < 1.29 is 4.74 Å². The summed E-state index contributed by atoms with van der Waals surface area (Å²) in [5, 5.41) is 4.35. The third-order valence-corrected chi connectivity index (χ3v) is 5.09. The first-order chi connectivity index (χ1) is 9.72. The SMILES string of the molecule is CCNC(c1ccccc1OC(C)C)C1CCCCS1. The van der Waals surface area contributed by atoms with E-state index in [0.29, 0.717) is 11.3 Å². The maximum atomic E-state index is 6.01. The van der Waals surface area contributed by atoms with Gasteiger partial charge in [-0.1, -0.05) is 31.5 Å². The molecule has 2 nitrogen and oxygen atoms in total. The molecule has 1 aromatic carbocycles. The molecular weight excluding hydrogens is 266 g/mol. The summed E-state index contributed by atoms with van der Waals surface area (Å²) in [5.74, 6) is 2.33. The van der Waals surface area contributed by atoms with Gasteiger partial charge in [-0.15, -0.1) is 0 Å². The molecule has 112 valence electrons. The molecular formula is C17H27NOS. The van der Waals surface area contributed by atoms with Crippen molar-refractivity contribution in [3.63, 3.8) is 0 Å². The standard InChI is InChI=1S/C17H27NOS/c1-4-18-17(16-11-7-8-12-20-16)14-9-5-6-10-15(14)19-13(2)3/h5-6,9-10,13,16-18H,4,7-8,11-12H2,1-3H3. The highest BCUT2D eigenvalue weighted by Gasteiger charge is 2.27. The van der Waals surface area contributed by atoms with Crippen LogP contribution in [0, 0.1) is 0 Å². The fraction of sp³-hybridized carbons (Fsp3) is 0.647. The minimum absolute atomic E-state index is 0.220. The van der Waals surface area contributed by atoms with E-state index in [1.807, 2.05) is 0 Å². The van der Waals surface area contributed by atoms with Gasteiger partial charge in [-0.05, 0) is 45.1 Å². The minimum Gasteiger partial charge on any atom is -0.491 e. The minimum atomic E-state index is 0.220. The van der Waals surface area contributed by atoms with Crippen LogP contribution in [0.5, 0.6) is 5.75 Å². The van der Waals surface area contributed by atoms with E-state index in [0.717, 1.165) is 12.3 Å². The van der Waals surface area contributed by atoms with Crippen LogP contribution in [0.3, 0.4) is 0 Å². The van der Waals surface area contributed by atoms with Crippen LogP contribution in [-0.4, -0.2) is 23.7 Å². The summed E-state index contributed by atoms with van der Waals surface area (Å²) in [4.78, 5) is 0. The Kier molecular flexibility index (Phi) is 6.24. The smallest absolute Gasteiger partial charge is 0.124 e. The molecule has 0 aliphatic carbocycles. The molecule has 1 fully saturated rings. The summed E-state index contributed by atoms with van der Waals surface area (Å²) in [6, 6.07) is 8.92. The van der Waals surface area contributed by atoms with Crippen molar-refractivity contribution in [2.24, 2.45) is 0 Å². The van der Waals surface area contributed by atoms with Gasteiger partial charge in [0, 0.05) is 16.9 Å². The Hall–Kier alpha value is -0.670. The van der Waals surface area contributed by atoms with Crippen LogP contribution in [0.2, 0.25) is 0 Å². The van der Waals surface area contributed by atoms with Crippen LogP contribution in [-0.2, 0) is 0 Å². The monoisotopic (exact) mass is 293 g/mol. The molecule has 2 rings (SSSR count). The van der Waals surface area contributed by atoms with E-state index < -0.39 is 0 Å². The van der Waals surface area contributed by atoms with E-state index >= 15 is 0 Å². The highest BCUT2D eigenvalue weighted by molar-refractivity contribution is 8.00. The van der Waals surface area contributed by atoms with Crippen molar-refractivity contribution in [3.8, 4) is 5.75 Å². The Bertz CT molecular complexity index is 402. The number of hydrogen-bond donors (Lipinski definition) is 1. The van der Waals surface area contributed by atoms with Crippen LogP contribution >= 0.6 is 11.8 Å². The van der Waals surface area contributed by atoms with Gasteiger partial charge < -0.3 is 10.1 Å². The Morgan fingerprint density at radius 2 is 2.10 bits per heavy atom. The van der Waals surface area contributed by atoms with Crippen molar-refractivity contribution in [2.75, 3.05) is 12.3 Å². The van der Waals surface area contributed by atoms with Crippen LogP contribution in [0.15, 0.2) is 24.3 Å². The average molecular weight is 293 g/mol. The fourth-order valence-electron chi connectivity index (χ4n) is 2.79. The number of benzene rings is 1. The van der Waals surface area contributed by atoms with E-state index in [1.165, 1.54) is 30.6 Å². The van der Waals surface area contributed by atoms with Gasteiger partial charge in [0.2, 0.25) is 0 Å². The lowest BCUT2D eigenvalue weighted by atomic mass is 9.98. The molecule has 2 unspecified atom stereocenters. The van der Waals surface area contributed by atoms with Gasteiger partial charge in [0.1, 0.15) is 5.75 Å². The van der Waals surface area contributed by atoms with Gasteiger partial charge >= 0.3 is 0 Å². The maximum absolute atomic E-state index is 6.01. The van der Waals surface area contributed by atoms with Crippen LogP contribution < -0.4 is 10.1 Å². The topological polar surface area (TPSA) is 21.3 Å². The van der Waals surface area contributed by atoms with Gasteiger partial charge in [-0.3, -0.25) is 0 Å². The number of para-hydroxylation sites is 1. The number of thioether (sulfide) groups is 1. The predicted octanol–water partition coefficient (Wildman–Crippen LogP) is 4.41. The van der Waals surface area contributed by atoms with Crippen LogP contribution in [0.1, 0.15) is 51.6 Å². The van der Waals surface area contributed by atoms with Gasteiger partial charge in [0.05, 0.1) is 6.10 Å². The quantitative estimate of drug-likeness (QED) is 0.839. The molecule has 20 heavy (non-hydrogen) atoms. The number of hydrogen-bond acceptors (Lipinski definition) is 3. The van der Waals surface area contributed by atoms with Crippen molar-refractivity contribution in [1.82, 2.24) is 5.32 Å². The predicted molar refractivity (Wildman–Crippen MR) is 88.7 cm³/mol. The molecule has 0 bridgehead atoms. The summed E-state index contributed by atoms with van der Waals surface area (Å²) in [7, 11) is 0. The van der Waals surface area contributed by atoms with Gasteiger partial charge in [0.25, 0.3) is 0 Å². The maximum Gasteiger partial charge on any atom is 0.124 e. The third-order valence-electron chi connectivity index (χ3n) is 3.63. The molecule has 1 aliphatic rings. The highest BCUT2D eigenvalue weighted by atomic mass is 32.2.